The molecule has 0 saturated carbocycles. The molecule has 0 fully saturated rings. The Bertz CT molecular complexity index is 846. The van der Waals surface area contributed by atoms with Crippen molar-refractivity contribution in [3.63, 3.8) is 0 Å². The Kier molecular flexibility index (Phi) is 5.67. The molecule has 3 aromatic rings. The summed E-state index contributed by atoms with van der Waals surface area (Å²) < 4.78 is 7.21. The summed E-state index contributed by atoms with van der Waals surface area (Å²) in [5.74, 6) is 1.29. The summed E-state index contributed by atoms with van der Waals surface area (Å²) in [5, 5.41) is 0.977. The first-order valence-corrected chi connectivity index (χ1v) is 8.73. The maximum atomic E-state index is 6.15. The van der Waals surface area contributed by atoms with Crippen LogP contribution in [-0.2, 0) is 11.2 Å². The summed E-state index contributed by atoms with van der Waals surface area (Å²) in [6.45, 7) is 4.07. The fourth-order valence-corrected chi connectivity index (χ4v) is 2.83. The smallest absolute Gasteiger partial charge is 0.152 e. The molecule has 0 unspecified atom stereocenters. The van der Waals surface area contributed by atoms with Gasteiger partial charge in [0.1, 0.15) is 23.5 Å². The third kappa shape index (κ3) is 3.67. The average Bonchev–Trinajstić information content (AvgIpc) is 2.99. The Labute approximate surface area is 146 Å². The van der Waals surface area contributed by atoms with Crippen molar-refractivity contribution in [2.75, 3.05) is 32.1 Å². The van der Waals surface area contributed by atoms with Crippen LogP contribution in [0.2, 0.25) is 0 Å². The van der Waals surface area contributed by atoms with E-state index in [0.717, 1.165) is 41.5 Å². The van der Waals surface area contributed by atoms with Crippen LogP contribution in [-0.4, -0.2) is 41.1 Å². The summed E-state index contributed by atoms with van der Waals surface area (Å²) in [6.07, 6.45) is 2.93. The number of para-hydroxylation sites is 1. The highest BCUT2D eigenvalue weighted by Crippen LogP contribution is 2.28. The largest absolute Gasteiger partial charge is 0.410 e. The molecular weight excluding hydrogens is 318 g/mol. The molecular formula is C18H25N5O2. The average molecular weight is 343 g/mol. The number of benzene rings is 1. The summed E-state index contributed by atoms with van der Waals surface area (Å²) in [7, 11) is 0. The Morgan fingerprint density at radius 2 is 1.96 bits per heavy atom. The molecule has 0 aliphatic rings. The minimum Gasteiger partial charge on any atom is -0.410 e. The van der Waals surface area contributed by atoms with Gasteiger partial charge in [0, 0.05) is 18.4 Å². The predicted molar refractivity (Wildman–Crippen MR) is 99.4 cm³/mol. The van der Waals surface area contributed by atoms with E-state index in [9.17, 15) is 0 Å². The van der Waals surface area contributed by atoms with E-state index in [4.69, 9.17) is 26.0 Å². The second-order valence-corrected chi connectivity index (χ2v) is 5.87. The first-order valence-electron chi connectivity index (χ1n) is 8.73. The SMILES string of the molecule is CCCCc1nc2c(N)nc3ccccc3c2n1OCCOCCN. The lowest BCUT2D eigenvalue weighted by Gasteiger charge is -2.12. The second kappa shape index (κ2) is 8.13. The van der Waals surface area contributed by atoms with Gasteiger partial charge in [-0.25, -0.2) is 9.97 Å². The number of nitrogen functional groups attached to an aromatic ring is 1. The number of anilines is 1. The number of hydrogen-bond acceptors (Lipinski definition) is 6. The molecule has 25 heavy (non-hydrogen) atoms. The molecule has 0 atom stereocenters. The third-order valence-electron chi connectivity index (χ3n) is 4.01. The first-order chi connectivity index (χ1) is 12.3. The number of aryl methyl sites for hydroxylation is 1. The van der Waals surface area contributed by atoms with Crippen molar-refractivity contribution in [3.8, 4) is 0 Å². The van der Waals surface area contributed by atoms with Gasteiger partial charge in [0.2, 0.25) is 0 Å². The maximum absolute atomic E-state index is 6.15. The first kappa shape index (κ1) is 17.4. The number of nitrogens with zero attached hydrogens (tertiary/aromatic N) is 3. The second-order valence-electron chi connectivity index (χ2n) is 5.87. The topological polar surface area (TPSA) is 101 Å². The van der Waals surface area contributed by atoms with Crippen molar-refractivity contribution < 1.29 is 9.57 Å². The summed E-state index contributed by atoms with van der Waals surface area (Å²) >= 11 is 0. The van der Waals surface area contributed by atoms with E-state index in [1.807, 2.05) is 24.3 Å². The van der Waals surface area contributed by atoms with Gasteiger partial charge in [-0.15, -0.1) is 0 Å². The van der Waals surface area contributed by atoms with Crippen molar-refractivity contribution in [2.45, 2.75) is 26.2 Å². The molecule has 0 saturated heterocycles. The van der Waals surface area contributed by atoms with Crippen LogP contribution in [0.1, 0.15) is 25.6 Å². The fraction of sp³-hybridized carbons (Fsp3) is 0.444. The molecule has 1 aromatic carbocycles. The van der Waals surface area contributed by atoms with Crippen molar-refractivity contribution in [3.05, 3.63) is 30.1 Å². The van der Waals surface area contributed by atoms with Gasteiger partial charge in [-0.2, -0.15) is 4.73 Å². The van der Waals surface area contributed by atoms with Crippen molar-refractivity contribution >= 4 is 27.8 Å². The maximum Gasteiger partial charge on any atom is 0.152 e. The van der Waals surface area contributed by atoms with Gasteiger partial charge in [-0.3, -0.25) is 0 Å². The van der Waals surface area contributed by atoms with Crippen molar-refractivity contribution in [1.82, 2.24) is 14.7 Å². The van der Waals surface area contributed by atoms with E-state index >= 15 is 0 Å². The number of unbranched alkanes of at least 4 members (excludes halogenated alkanes) is 1. The van der Waals surface area contributed by atoms with Crippen LogP contribution in [0, 0.1) is 0 Å². The quantitative estimate of drug-likeness (QED) is 0.576. The monoisotopic (exact) mass is 343 g/mol. The number of nitrogens with two attached hydrogens (primary N) is 2. The number of hydrogen-bond donors (Lipinski definition) is 2. The molecule has 0 bridgehead atoms. The molecule has 134 valence electrons. The van der Waals surface area contributed by atoms with Crippen LogP contribution in [0.5, 0.6) is 0 Å². The molecule has 0 aliphatic carbocycles. The lowest BCUT2D eigenvalue weighted by molar-refractivity contribution is 0.0422. The number of aromatic nitrogens is 3. The molecule has 2 heterocycles. The van der Waals surface area contributed by atoms with Crippen LogP contribution in [0.3, 0.4) is 0 Å². The van der Waals surface area contributed by atoms with Crippen LogP contribution in [0.25, 0.3) is 21.9 Å². The van der Waals surface area contributed by atoms with E-state index in [1.165, 1.54) is 0 Å². The lowest BCUT2D eigenvalue weighted by atomic mass is 10.2. The highest BCUT2D eigenvalue weighted by molar-refractivity contribution is 6.06. The van der Waals surface area contributed by atoms with Crippen LogP contribution >= 0.6 is 0 Å². The Morgan fingerprint density at radius 1 is 1.12 bits per heavy atom. The number of ether oxygens (including phenoxy) is 1. The number of imidazole rings is 1. The highest BCUT2D eigenvalue weighted by Gasteiger charge is 2.18. The summed E-state index contributed by atoms with van der Waals surface area (Å²) in [4.78, 5) is 15.2. The zero-order valence-corrected chi connectivity index (χ0v) is 14.6. The molecule has 0 radical (unpaired) electrons. The van der Waals surface area contributed by atoms with Gasteiger partial charge in [0.15, 0.2) is 5.82 Å². The normalized spacial score (nSPS) is 11.4. The number of rotatable bonds is 9. The molecule has 0 spiro atoms. The number of pyridine rings is 1. The Balaban J connectivity index is 2.02. The zero-order valence-electron chi connectivity index (χ0n) is 14.6. The van der Waals surface area contributed by atoms with E-state index in [-0.39, 0.29) is 0 Å². The van der Waals surface area contributed by atoms with E-state index in [1.54, 1.807) is 4.73 Å². The minimum atomic E-state index is 0.418. The van der Waals surface area contributed by atoms with Crippen LogP contribution in [0.15, 0.2) is 24.3 Å². The van der Waals surface area contributed by atoms with Gasteiger partial charge in [0.25, 0.3) is 0 Å². The summed E-state index contributed by atoms with van der Waals surface area (Å²) in [5.41, 5.74) is 14.0. The zero-order chi connectivity index (χ0) is 17.6. The van der Waals surface area contributed by atoms with Crippen LogP contribution in [0.4, 0.5) is 5.82 Å². The Morgan fingerprint density at radius 3 is 2.76 bits per heavy atom. The van der Waals surface area contributed by atoms with Crippen LogP contribution < -0.4 is 16.3 Å². The molecule has 2 aromatic heterocycles. The van der Waals surface area contributed by atoms with Gasteiger partial charge >= 0.3 is 0 Å². The van der Waals surface area contributed by atoms with E-state index < -0.39 is 0 Å². The molecule has 7 heteroatoms. The number of fused-ring (bicyclic) bond motifs is 3. The lowest BCUT2D eigenvalue weighted by Crippen LogP contribution is -2.20. The van der Waals surface area contributed by atoms with E-state index in [2.05, 4.69) is 11.9 Å². The van der Waals surface area contributed by atoms with E-state index in [0.29, 0.717) is 37.7 Å². The van der Waals surface area contributed by atoms with Gasteiger partial charge in [0.05, 0.1) is 18.7 Å². The predicted octanol–water partition coefficient (Wildman–Crippen LogP) is 1.91. The third-order valence-corrected chi connectivity index (χ3v) is 4.01. The molecule has 0 aliphatic heterocycles. The highest BCUT2D eigenvalue weighted by atomic mass is 16.7. The molecule has 3 rings (SSSR count). The standard InChI is InChI=1S/C18H25N5O2/c1-2-3-8-15-22-16-17(23(15)25-12-11-24-10-9-19)13-6-4-5-7-14(13)21-18(16)20/h4-7H,2-3,8-12,19H2,1H3,(H2,20,21). The Hall–Kier alpha value is -2.38. The summed E-state index contributed by atoms with van der Waals surface area (Å²) in [6, 6.07) is 7.88. The van der Waals surface area contributed by atoms with Crippen molar-refractivity contribution in [2.24, 2.45) is 5.73 Å². The fourth-order valence-electron chi connectivity index (χ4n) is 2.83. The molecule has 0 amide bonds. The van der Waals surface area contributed by atoms with Gasteiger partial charge in [-0.05, 0) is 12.5 Å². The molecule has 4 N–H and O–H groups in total. The van der Waals surface area contributed by atoms with Crippen molar-refractivity contribution in [1.29, 1.82) is 0 Å². The minimum absolute atomic E-state index is 0.418. The van der Waals surface area contributed by atoms with Gasteiger partial charge in [-0.1, -0.05) is 31.5 Å². The van der Waals surface area contributed by atoms with Gasteiger partial charge < -0.3 is 21.0 Å². The molecule has 7 nitrogen and oxygen atoms in total.